The van der Waals surface area contributed by atoms with Crippen LogP contribution in [0, 0.1) is 0 Å². The lowest BCUT2D eigenvalue weighted by atomic mass is 10.3. The van der Waals surface area contributed by atoms with Crippen molar-refractivity contribution in [1.29, 1.82) is 0 Å². The monoisotopic (exact) mass is 238 g/mol. The molecular weight excluding hydrogens is 216 g/mol. The van der Waals surface area contributed by atoms with Gasteiger partial charge < -0.3 is 21.3 Å². The molecule has 6 heteroatoms. The van der Waals surface area contributed by atoms with Crippen LogP contribution < -0.4 is 16.4 Å². The van der Waals surface area contributed by atoms with Crippen LogP contribution in [-0.4, -0.2) is 48.6 Å². The maximum Gasteiger partial charge on any atom is 0.223 e. The predicted octanol–water partition coefficient (Wildman–Crippen LogP) is 0.419. The van der Waals surface area contributed by atoms with Gasteiger partial charge in [0, 0.05) is 25.7 Å². The average Bonchev–Trinajstić information content (AvgIpc) is 2.22. The van der Waals surface area contributed by atoms with E-state index in [1.807, 2.05) is 14.1 Å². The molecule has 1 heterocycles. The van der Waals surface area contributed by atoms with Crippen molar-refractivity contribution in [1.82, 2.24) is 14.9 Å². The summed E-state index contributed by atoms with van der Waals surface area (Å²) in [6.07, 6.45) is 1.05. The fourth-order valence-corrected chi connectivity index (χ4v) is 1.56. The quantitative estimate of drug-likeness (QED) is 0.747. The van der Waals surface area contributed by atoms with Crippen LogP contribution in [0.25, 0.3) is 0 Å². The molecule has 17 heavy (non-hydrogen) atoms. The SMILES string of the molecule is CCCN(CCN(C)C)c1cc(N)nc(N)n1. The molecule has 0 bridgehead atoms. The number of aromatic nitrogens is 2. The van der Waals surface area contributed by atoms with Crippen molar-refractivity contribution in [2.45, 2.75) is 13.3 Å². The van der Waals surface area contributed by atoms with Crippen LogP contribution in [0.4, 0.5) is 17.6 Å². The van der Waals surface area contributed by atoms with Crippen LogP contribution in [0.1, 0.15) is 13.3 Å². The molecule has 0 radical (unpaired) electrons. The van der Waals surface area contributed by atoms with Crippen LogP contribution >= 0.6 is 0 Å². The minimum Gasteiger partial charge on any atom is -0.383 e. The Hall–Kier alpha value is -1.56. The number of nitrogens with two attached hydrogens (primary N) is 2. The third kappa shape index (κ3) is 4.44. The van der Waals surface area contributed by atoms with E-state index in [2.05, 4.69) is 26.7 Å². The minimum absolute atomic E-state index is 0.228. The van der Waals surface area contributed by atoms with Crippen molar-refractivity contribution in [2.75, 3.05) is 50.1 Å². The summed E-state index contributed by atoms with van der Waals surface area (Å²) in [5.41, 5.74) is 11.3. The Morgan fingerprint density at radius 2 is 1.82 bits per heavy atom. The van der Waals surface area contributed by atoms with E-state index in [9.17, 15) is 0 Å². The van der Waals surface area contributed by atoms with Gasteiger partial charge in [-0.2, -0.15) is 9.97 Å². The van der Waals surface area contributed by atoms with Crippen LogP contribution in [0.2, 0.25) is 0 Å². The normalized spacial score (nSPS) is 10.8. The van der Waals surface area contributed by atoms with Crippen molar-refractivity contribution in [3.05, 3.63) is 6.07 Å². The van der Waals surface area contributed by atoms with E-state index < -0.39 is 0 Å². The van der Waals surface area contributed by atoms with Crippen LogP contribution in [0.3, 0.4) is 0 Å². The Bertz CT molecular complexity index is 332. The Kier molecular flexibility index (Phi) is 4.96. The number of likely N-dealkylation sites (N-methyl/N-ethyl adjacent to an activating group) is 1. The smallest absolute Gasteiger partial charge is 0.223 e. The highest BCUT2D eigenvalue weighted by molar-refractivity contribution is 5.50. The fourth-order valence-electron chi connectivity index (χ4n) is 1.56. The highest BCUT2D eigenvalue weighted by Crippen LogP contribution is 2.15. The first-order valence-corrected chi connectivity index (χ1v) is 5.82. The molecule has 0 saturated heterocycles. The van der Waals surface area contributed by atoms with E-state index in [4.69, 9.17) is 11.5 Å². The fraction of sp³-hybridized carbons (Fsp3) is 0.636. The first kappa shape index (κ1) is 13.5. The van der Waals surface area contributed by atoms with Gasteiger partial charge >= 0.3 is 0 Å². The highest BCUT2D eigenvalue weighted by atomic mass is 15.2. The summed E-state index contributed by atoms with van der Waals surface area (Å²) in [5.74, 6) is 1.45. The summed E-state index contributed by atoms with van der Waals surface area (Å²) >= 11 is 0. The Balaban J connectivity index is 2.80. The summed E-state index contributed by atoms with van der Waals surface area (Å²) in [4.78, 5) is 12.4. The lowest BCUT2D eigenvalue weighted by Crippen LogP contribution is -2.33. The Morgan fingerprint density at radius 1 is 1.12 bits per heavy atom. The largest absolute Gasteiger partial charge is 0.383 e. The first-order valence-electron chi connectivity index (χ1n) is 5.82. The van der Waals surface area contributed by atoms with Crippen molar-refractivity contribution in [3.8, 4) is 0 Å². The lowest BCUT2D eigenvalue weighted by molar-refractivity contribution is 0.412. The van der Waals surface area contributed by atoms with E-state index in [1.165, 1.54) is 0 Å². The molecule has 1 aromatic rings. The lowest BCUT2D eigenvalue weighted by Gasteiger charge is -2.25. The molecule has 0 fully saturated rings. The van der Waals surface area contributed by atoms with Gasteiger partial charge in [0.2, 0.25) is 5.95 Å². The van der Waals surface area contributed by atoms with Gasteiger partial charge in [-0.1, -0.05) is 6.92 Å². The van der Waals surface area contributed by atoms with Crippen molar-refractivity contribution in [2.24, 2.45) is 0 Å². The summed E-state index contributed by atoms with van der Waals surface area (Å²) in [6.45, 7) is 4.93. The predicted molar refractivity (Wildman–Crippen MR) is 71.9 cm³/mol. The highest BCUT2D eigenvalue weighted by Gasteiger charge is 2.09. The van der Waals surface area contributed by atoms with Gasteiger partial charge in [-0.15, -0.1) is 0 Å². The molecule has 6 nitrogen and oxygen atoms in total. The number of anilines is 3. The number of rotatable bonds is 6. The van der Waals surface area contributed by atoms with Crippen molar-refractivity contribution in [3.63, 3.8) is 0 Å². The summed E-state index contributed by atoms with van der Waals surface area (Å²) in [6, 6.07) is 1.77. The minimum atomic E-state index is 0.228. The van der Waals surface area contributed by atoms with Gasteiger partial charge in [-0.05, 0) is 20.5 Å². The van der Waals surface area contributed by atoms with Gasteiger partial charge in [0.1, 0.15) is 11.6 Å². The topological polar surface area (TPSA) is 84.3 Å². The molecule has 96 valence electrons. The molecule has 0 aromatic carbocycles. The van der Waals surface area contributed by atoms with E-state index in [0.29, 0.717) is 5.82 Å². The van der Waals surface area contributed by atoms with Gasteiger partial charge in [-0.3, -0.25) is 0 Å². The Morgan fingerprint density at radius 3 is 2.35 bits per heavy atom. The number of hydrogen-bond donors (Lipinski definition) is 2. The zero-order valence-corrected chi connectivity index (χ0v) is 10.8. The molecular formula is C11H22N6. The van der Waals surface area contributed by atoms with Gasteiger partial charge in [0.25, 0.3) is 0 Å². The summed E-state index contributed by atoms with van der Waals surface area (Å²) in [5, 5.41) is 0. The first-order chi connectivity index (χ1) is 8.02. The van der Waals surface area contributed by atoms with E-state index >= 15 is 0 Å². The van der Waals surface area contributed by atoms with E-state index in [-0.39, 0.29) is 5.95 Å². The summed E-state index contributed by atoms with van der Waals surface area (Å²) < 4.78 is 0. The molecule has 0 unspecified atom stereocenters. The number of nitrogen functional groups attached to an aromatic ring is 2. The van der Waals surface area contributed by atoms with Gasteiger partial charge in [-0.25, -0.2) is 0 Å². The zero-order chi connectivity index (χ0) is 12.8. The molecule has 0 aliphatic heterocycles. The second kappa shape index (κ2) is 6.24. The van der Waals surface area contributed by atoms with E-state index in [1.54, 1.807) is 6.07 Å². The van der Waals surface area contributed by atoms with Crippen molar-refractivity contribution < 1.29 is 0 Å². The number of hydrogen-bond acceptors (Lipinski definition) is 6. The van der Waals surface area contributed by atoms with Crippen molar-refractivity contribution >= 4 is 17.6 Å². The Labute approximate surface area is 103 Å². The van der Waals surface area contributed by atoms with Gasteiger partial charge in [0.05, 0.1) is 0 Å². The second-order valence-electron chi connectivity index (χ2n) is 4.30. The molecule has 0 amide bonds. The molecule has 0 atom stereocenters. The third-order valence-electron chi connectivity index (χ3n) is 2.38. The van der Waals surface area contributed by atoms with Crippen LogP contribution in [0.15, 0.2) is 6.07 Å². The molecule has 4 N–H and O–H groups in total. The van der Waals surface area contributed by atoms with Gasteiger partial charge in [0.15, 0.2) is 0 Å². The molecule has 0 saturated carbocycles. The van der Waals surface area contributed by atoms with Crippen LogP contribution in [-0.2, 0) is 0 Å². The van der Waals surface area contributed by atoms with Crippen LogP contribution in [0.5, 0.6) is 0 Å². The third-order valence-corrected chi connectivity index (χ3v) is 2.38. The molecule has 1 rings (SSSR count). The molecule has 1 aromatic heterocycles. The number of nitrogens with zero attached hydrogens (tertiary/aromatic N) is 4. The zero-order valence-electron chi connectivity index (χ0n) is 10.8. The van der Waals surface area contributed by atoms with E-state index in [0.717, 1.165) is 31.9 Å². The average molecular weight is 238 g/mol. The molecule has 0 aliphatic carbocycles. The summed E-state index contributed by atoms with van der Waals surface area (Å²) in [7, 11) is 4.10. The maximum atomic E-state index is 5.68. The second-order valence-corrected chi connectivity index (χ2v) is 4.30. The maximum absolute atomic E-state index is 5.68. The molecule has 0 aliphatic rings. The standard InChI is InChI=1S/C11H22N6/c1-4-5-17(7-6-16(2)3)10-8-9(12)14-11(13)15-10/h8H,4-7H2,1-3H3,(H4,12,13,14,15). The molecule has 0 spiro atoms.